The van der Waals surface area contributed by atoms with Gasteiger partial charge in [0.2, 0.25) is 0 Å². The normalized spacial score (nSPS) is 21.8. The van der Waals surface area contributed by atoms with Crippen molar-refractivity contribution in [2.45, 2.75) is 71.4 Å². The van der Waals surface area contributed by atoms with Crippen molar-refractivity contribution in [2.24, 2.45) is 10.9 Å². The molecule has 2 N–H and O–H groups in total. The van der Waals surface area contributed by atoms with E-state index in [1.54, 1.807) is 0 Å². The zero-order chi connectivity index (χ0) is 20.5. The van der Waals surface area contributed by atoms with E-state index in [2.05, 4.69) is 47.5 Å². The highest BCUT2D eigenvalue weighted by atomic mass is 16.5. The zero-order valence-corrected chi connectivity index (χ0v) is 18.5. The lowest BCUT2D eigenvalue weighted by atomic mass is 9.99. The van der Waals surface area contributed by atoms with Crippen LogP contribution in [0.5, 0.6) is 0 Å². The fraction of sp³-hybridized carbons (Fsp3) is 0.818. The van der Waals surface area contributed by atoms with Crippen LogP contribution >= 0.6 is 0 Å². The van der Waals surface area contributed by atoms with Gasteiger partial charge < -0.3 is 24.8 Å². The van der Waals surface area contributed by atoms with E-state index >= 15 is 0 Å². The van der Waals surface area contributed by atoms with Crippen LogP contribution in [0.15, 0.2) is 15.6 Å². The van der Waals surface area contributed by atoms with Gasteiger partial charge in [-0.1, -0.05) is 19.0 Å². The van der Waals surface area contributed by atoms with Crippen molar-refractivity contribution in [1.29, 1.82) is 0 Å². The lowest BCUT2D eigenvalue weighted by Crippen LogP contribution is -2.49. The molecule has 1 aromatic rings. The molecule has 2 fully saturated rings. The van der Waals surface area contributed by atoms with E-state index in [1.165, 1.54) is 13.0 Å². The van der Waals surface area contributed by atoms with E-state index in [9.17, 15) is 0 Å². The molecule has 0 amide bonds. The molecule has 1 unspecified atom stereocenters. The van der Waals surface area contributed by atoms with Gasteiger partial charge in [-0.2, -0.15) is 0 Å². The van der Waals surface area contributed by atoms with Crippen LogP contribution in [-0.2, 0) is 11.3 Å². The Kier molecular flexibility index (Phi) is 8.80. The molecule has 7 nitrogen and oxygen atoms in total. The Balaban J connectivity index is 1.47. The summed E-state index contributed by atoms with van der Waals surface area (Å²) in [5, 5.41) is 11.2. The number of hydrogen-bond acceptors (Lipinski definition) is 5. The van der Waals surface area contributed by atoms with Crippen LogP contribution in [-0.4, -0.2) is 61.5 Å². The van der Waals surface area contributed by atoms with Gasteiger partial charge in [0.15, 0.2) is 11.7 Å². The molecule has 0 spiro atoms. The summed E-state index contributed by atoms with van der Waals surface area (Å²) in [4.78, 5) is 7.33. The Morgan fingerprint density at radius 1 is 1.24 bits per heavy atom. The third kappa shape index (κ3) is 6.71. The maximum Gasteiger partial charge on any atom is 0.191 e. The highest BCUT2D eigenvalue weighted by Crippen LogP contribution is 2.22. The minimum atomic E-state index is 0.471. The highest BCUT2D eigenvalue weighted by Gasteiger charge is 2.24. The lowest BCUT2D eigenvalue weighted by Gasteiger charge is -2.34. The number of aromatic nitrogens is 1. The van der Waals surface area contributed by atoms with Crippen LogP contribution in [0.4, 0.5) is 0 Å². The Morgan fingerprint density at radius 2 is 2.03 bits per heavy atom. The standard InChI is InChI=1S/C22H39N5O2/c1-4-18(5-2)21-13-20(29-26-21)14-24-22(23-6-3)25-19-7-10-27(11-8-19)15-17-9-12-28-16-17/h13,17-19H,4-12,14-16H2,1-3H3,(H2,23,24,25). The summed E-state index contributed by atoms with van der Waals surface area (Å²) in [6.45, 7) is 13.2. The maximum atomic E-state index is 5.52. The van der Waals surface area contributed by atoms with Crippen molar-refractivity contribution in [3.63, 3.8) is 0 Å². The Labute approximate surface area is 175 Å². The molecule has 0 aromatic carbocycles. The first-order valence-electron chi connectivity index (χ1n) is 11.5. The number of guanidine groups is 1. The summed E-state index contributed by atoms with van der Waals surface area (Å²) in [5.74, 6) is 2.90. The largest absolute Gasteiger partial charge is 0.381 e. The van der Waals surface area contributed by atoms with Crippen LogP contribution < -0.4 is 10.6 Å². The van der Waals surface area contributed by atoms with Gasteiger partial charge in [-0.25, -0.2) is 4.99 Å². The highest BCUT2D eigenvalue weighted by molar-refractivity contribution is 5.80. The molecule has 0 aliphatic carbocycles. The predicted octanol–water partition coefficient (Wildman–Crippen LogP) is 3.13. The molecule has 0 radical (unpaired) electrons. The zero-order valence-electron chi connectivity index (χ0n) is 18.5. The second kappa shape index (κ2) is 11.6. The molecular formula is C22H39N5O2. The number of likely N-dealkylation sites (tertiary alicyclic amines) is 1. The van der Waals surface area contributed by atoms with Crippen molar-refractivity contribution in [3.05, 3.63) is 17.5 Å². The predicted molar refractivity (Wildman–Crippen MR) is 116 cm³/mol. The van der Waals surface area contributed by atoms with Gasteiger partial charge in [-0.15, -0.1) is 0 Å². The molecule has 7 heteroatoms. The molecule has 2 aliphatic rings. The minimum Gasteiger partial charge on any atom is -0.381 e. The van der Waals surface area contributed by atoms with Gasteiger partial charge in [0.05, 0.1) is 12.3 Å². The van der Waals surface area contributed by atoms with E-state index in [-0.39, 0.29) is 0 Å². The third-order valence-electron chi connectivity index (χ3n) is 6.19. The summed E-state index contributed by atoms with van der Waals surface area (Å²) in [6.07, 6.45) is 5.69. The van der Waals surface area contributed by atoms with Gasteiger partial charge >= 0.3 is 0 Å². The number of piperidine rings is 1. The molecule has 3 rings (SSSR count). The monoisotopic (exact) mass is 405 g/mol. The van der Waals surface area contributed by atoms with Crippen molar-refractivity contribution in [1.82, 2.24) is 20.7 Å². The molecule has 1 atom stereocenters. The van der Waals surface area contributed by atoms with Gasteiger partial charge in [-0.3, -0.25) is 0 Å². The first-order valence-corrected chi connectivity index (χ1v) is 11.5. The number of nitrogens with zero attached hydrogens (tertiary/aromatic N) is 3. The minimum absolute atomic E-state index is 0.471. The van der Waals surface area contributed by atoms with Crippen LogP contribution in [0.25, 0.3) is 0 Å². The van der Waals surface area contributed by atoms with Gasteiger partial charge in [-0.05, 0) is 44.9 Å². The number of nitrogens with one attached hydrogen (secondary N) is 2. The molecule has 1 aromatic heterocycles. The van der Waals surface area contributed by atoms with E-state index in [0.29, 0.717) is 18.5 Å². The molecule has 164 valence electrons. The average Bonchev–Trinajstić information content (AvgIpc) is 3.41. The second-order valence-electron chi connectivity index (χ2n) is 8.38. The summed E-state index contributed by atoms with van der Waals surface area (Å²) >= 11 is 0. The fourth-order valence-corrected chi connectivity index (χ4v) is 4.33. The van der Waals surface area contributed by atoms with Crippen LogP contribution in [0, 0.1) is 5.92 Å². The summed E-state index contributed by atoms with van der Waals surface area (Å²) < 4.78 is 11.0. The topological polar surface area (TPSA) is 74.9 Å². The summed E-state index contributed by atoms with van der Waals surface area (Å²) in [5.41, 5.74) is 1.05. The quantitative estimate of drug-likeness (QED) is 0.486. The van der Waals surface area contributed by atoms with Crippen molar-refractivity contribution in [2.75, 3.05) is 39.4 Å². The average molecular weight is 406 g/mol. The Hall–Kier alpha value is -1.60. The third-order valence-corrected chi connectivity index (χ3v) is 6.19. The van der Waals surface area contributed by atoms with Gasteiger partial charge in [0.25, 0.3) is 0 Å². The smallest absolute Gasteiger partial charge is 0.191 e. The van der Waals surface area contributed by atoms with Gasteiger partial charge in [0, 0.05) is 50.8 Å². The fourth-order valence-electron chi connectivity index (χ4n) is 4.33. The van der Waals surface area contributed by atoms with Crippen molar-refractivity contribution < 1.29 is 9.26 Å². The Bertz CT molecular complexity index is 614. The van der Waals surface area contributed by atoms with Gasteiger partial charge in [0.1, 0.15) is 6.54 Å². The summed E-state index contributed by atoms with van der Waals surface area (Å²) in [6, 6.07) is 2.54. The number of hydrogen-bond donors (Lipinski definition) is 2. The van der Waals surface area contributed by atoms with E-state index in [4.69, 9.17) is 14.3 Å². The molecule has 29 heavy (non-hydrogen) atoms. The number of aliphatic imine (C=N–C) groups is 1. The molecule has 0 bridgehead atoms. The van der Waals surface area contributed by atoms with Crippen LogP contribution in [0.1, 0.15) is 70.2 Å². The van der Waals surface area contributed by atoms with Crippen LogP contribution in [0.3, 0.4) is 0 Å². The van der Waals surface area contributed by atoms with Crippen molar-refractivity contribution >= 4 is 5.96 Å². The number of ether oxygens (including phenoxy) is 1. The molecular weight excluding hydrogens is 366 g/mol. The molecule has 0 saturated carbocycles. The Morgan fingerprint density at radius 3 is 2.69 bits per heavy atom. The van der Waals surface area contributed by atoms with Crippen LogP contribution in [0.2, 0.25) is 0 Å². The van der Waals surface area contributed by atoms with E-state index in [0.717, 1.165) is 81.9 Å². The SMILES string of the molecule is CCNC(=NCc1cc(C(CC)CC)no1)NC1CCN(CC2CCOC2)CC1. The van der Waals surface area contributed by atoms with E-state index in [1.807, 2.05) is 0 Å². The second-order valence-corrected chi connectivity index (χ2v) is 8.38. The molecule has 3 heterocycles. The first-order chi connectivity index (χ1) is 14.2. The first kappa shape index (κ1) is 22.1. The van der Waals surface area contributed by atoms with Crippen molar-refractivity contribution in [3.8, 4) is 0 Å². The van der Waals surface area contributed by atoms with E-state index < -0.39 is 0 Å². The maximum absolute atomic E-state index is 5.52. The molecule has 2 aliphatic heterocycles. The lowest BCUT2D eigenvalue weighted by molar-refractivity contribution is 0.150. The number of rotatable bonds is 9. The summed E-state index contributed by atoms with van der Waals surface area (Å²) in [7, 11) is 0. The molecule has 2 saturated heterocycles.